The molecule has 6 atom stereocenters. The molecule has 2 aromatic heterocycles. The van der Waals surface area contributed by atoms with E-state index in [1.807, 2.05) is 42.4 Å². The molecule has 0 radical (unpaired) electrons. The van der Waals surface area contributed by atoms with Crippen molar-refractivity contribution in [2.45, 2.75) is 36.7 Å². The molecule has 0 saturated carbocycles. The maximum atomic E-state index is 5.94. The number of ether oxygens (including phenoxy) is 1. The average molecular weight is 605 g/mol. The van der Waals surface area contributed by atoms with Crippen LogP contribution in [0.5, 0.6) is 5.75 Å². The Labute approximate surface area is 256 Å². The largest absolute Gasteiger partial charge is 0.496 e. The molecule has 3 saturated heterocycles. The highest BCUT2D eigenvalue weighted by atomic mass is 32.2. The number of thioether (sulfide) groups is 2. The van der Waals surface area contributed by atoms with Crippen LogP contribution in [0.3, 0.4) is 0 Å². The van der Waals surface area contributed by atoms with Gasteiger partial charge in [0.25, 0.3) is 0 Å². The van der Waals surface area contributed by atoms with Crippen LogP contribution in [0.25, 0.3) is 10.9 Å². The Hall–Kier alpha value is -2.66. The lowest BCUT2D eigenvalue weighted by atomic mass is 9.73. The van der Waals surface area contributed by atoms with E-state index < -0.39 is 0 Å². The fourth-order valence-corrected chi connectivity index (χ4v) is 8.58. The summed E-state index contributed by atoms with van der Waals surface area (Å²) in [7, 11) is 1.74. The molecule has 0 aliphatic carbocycles. The third-order valence-electron chi connectivity index (χ3n) is 8.37. The van der Waals surface area contributed by atoms with Crippen LogP contribution < -0.4 is 15.4 Å². The summed E-state index contributed by atoms with van der Waals surface area (Å²) in [5.74, 6) is 3.84. The molecule has 2 N–H and O–H groups in total. The number of fused-ring (bicyclic) bond motifs is 4. The Morgan fingerprint density at radius 1 is 1.27 bits per heavy atom. The number of rotatable bonds is 9. The summed E-state index contributed by atoms with van der Waals surface area (Å²) in [4.78, 5) is 16.6. The van der Waals surface area contributed by atoms with Gasteiger partial charge in [-0.2, -0.15) is 0 Å². The molecule has 2 bridgehead atoms. The number of nitrogens with zero attached hydrogens (tertiary/aromatic N) is 4. The highest BCUT2D eigenvalue weighted by molar-refractivity contribution is 8.38. The zero-order chi connectivity index (χ0) is 28.2. The van der Waals surface area contributed by atoms with Gasteiger partial charge in [-0.3, -0.25) is 19.9 Å². The van der Waals surface area contributed by atoms with Crippen LogP contribution in [0.4, 0.5) is 0 Å². The number of nitrogens with one attached hydrogen (secondary N) is 2. The van der Waals surface area contributed by atoms with Gasteiger partial charge in [0.2, 0.25) is 0 Å². The van der Waals surface area contributed by atoms with Crippen molar-refractivity contribution >= 4 is 56.1 Å². The van der Waals surface area contributed by atoms with Crippen molar-refractivity contribution in [1.29, 1.82) is 0 Å². The predicted octanol–water partition coefficient (Wildman–Crippen LogP) is 5.44. The van der Waals surface area contributed by atoms with Gasteiger partial charge in [0.1, 0.15) is 10.1 Å². The van der Waals surface area contributed by atoms with Crippen molar-refractivity contribution in [3.05, 3.63) is 78.8 Å². The van der Waals surface area contributed by atoms with Crippen LogP contribution in [-0.4, -0.2) is 68.9 Å². The number of thiocarbonyl (C=S) groups is 1. The van der Waals surface area contributed by atoms with Gasteiger partial charge >= 0.3 is 0 Å². The van der Waals surface area contributed by atoms with Gasteiger partial charge in [0, 0.05) is 54.0 Å². The molecule has 7 nitrogen and oxygen atoms in total. The van der Waals surface area contributed by atoms with Crippen molar-refractivity contribution in [1.82, 2.24) is 25.5 Å². The number of piperidine rings is 3. The first kappa shape index (κ1) is 28.5. The number of hydrogen-bond donors (Lipinski definition) is 2. The first-order chi connectivity index (χ1) is 20.1. The fourth-order valence-electron chi connectivity index (χ4n) is 6.24. The smallest absolute Gasteiger partial charge is 0.166 e. The van der Waals surface area contributed by atoms with E-state index in [9.17, 15) is 0 Å². The molecule has 214 valence electrons. The zero-order valence-corrected chi connectivity index (χ0v) is 25.7. The standard InChI is InChI=1S/C31H36N6OS3/c1-3-20-17-37-12-9-21(20)13-27(37)29(25-15-26-22(7-6-11-33-26)14-28(25)38-2)36-30(39)34-16-24-19-41-31(35-24)40-18-23-8-4-5-10-32-23/h3-8,10-11,14-15,20-21,24,27,29H,1,9,12-13,16-19H2,2H3,(H2,34,36,39)/t20?,21?,24-,27-,29-/m0/s1. The molecule has 7 rings (SSSR count). The van der Waals surface area contributed by atoms with E-state index in [4.69, 9.17) is 21.9 Å². The first-order valence-corrected chi connectivity index (χ1v) is 16.6. The van der Waals surface area contributed by atoms with Gasteiger partial charge in [-0.05, 0) is 73.8 Å². The number of aliphatic imine (C=N–C) groups is 1. The molecule has 3 unspecified atom stereocenters. The van der Waals surface area contributed by atoms with E-state index in [1.165, 1.54) is 6.42 Å². The summed E-state index contributed by atoms with van der Waals surface area (Å²) in [5, 5.41) is 8.92. The molecule has 41 heavy (non-hydrogen) atoms. The predicted molar refractivity (Wildman–Crippen MR) is 176 cm³/mol. The van der Waals surface area contributed by atoms with E-state index in [-0.39, 0.29) is 12.1 Å². The van der Waals surface area contributed by atoms with E-state index in [1.54, 1.807) is 18.9 Å². The van der Waals surface area contributed by atoms with Crippen molar-refractivity contribution in [2.24, 2.45) is 16.8 Å². The maximum Gasteiger partial charge on any atom is 0.166 e. The van der Waals surface area contributed by atoms with Gasteiger partial charge in [-0.15, -0.1) is 6.58 Å². The fraction of sp³-hybridized carbons (Fsp3) is 0.419. The SMILES string of the molecule is C=CC1CN2CCC1C[C@H]2[C@@H](NC(=S)NC[C@H]1CSC(SCc2ccccn2)=N1)c1cc2ncccc2cc1OC. The third kappa shape index (κ3) is 6.56. The zero-order valence-electron chi connectivity index (χ0n) is 23.2. The third-order valence-corrected chi connectivity index (χ3v) is 11.0. The summed E-state index contributed by atoms with van der Waals surface area (Å²) >= 11 is 9.48. The lowest BCUT2D eigenvalue weighted by Crippen LogP contribution is -2.58. The molecule has 4 aliphatic rings. The van der Waals surface area contributed by atoms with Crippen LogP contribution in [0.1, 0.15) is 30.1 Å². The Balaban J connectivity index is 1.16. The van der Waals surface area contributed by atoms with Crippen molar-refractivity contribution in [3.8, 4) is 5.75 Å². The Morgan fingerprint density at radius 2 is 2.17 bits per heavy atom. The van der Waals surface area contributed by atoms with E-state index >= 15 is 0 Å². The van der Waals surface area contributed by atoms with Crippen LogP contribution in [-0.2, 0) is 5.75 Å². The molecular formula is C31H36N6OS3. The number of aromatic nitrogens is 2. The Bertz CT molecular complexity index is 1420. The second kappa shape index (κ2) is 13.1. The van der Waals surface area contributed by atoms with Crippen LogP contribution in [0.15, 0.2) is 72.5 Å². The van der Waals surface area contributed by atoms with Gasteiger partial charge in [0.15, 0.2) is 5.11 Å². The molecule has 0 amide bonds. The summed E-state index contributed by atoms with van der Waals surface area (Å²) in [5.41, 5.74) is 3.13. The first-order valence-electron chi connectivity index (χ1n) is 14.2. The molecule has 1 aromatic carbocycles. The van der Waals surface area contributed by atoms with E-state index in [2.05, 4.69) is 62.4 Å². The van der Waals surface area contributed by atoms with E-state index in [0.717, 1.165) is 63.3 Å². The van der Waals surface area contributed by atoms with Crippen LogP contribution in [0.2, 0.25) is 0 Å². The molecule has 6 heterocycles. The highest BCUT2D eigenvalue weighted by Crippen LogP contribution is 2.43. The highest BCUT2D eigenvalue weighted by Gasteiger charge is 2.43. The molecule has 3 aromatic rings. The van der Waals surface area contributed by atoms with Crippen LogP contribution in [0, 0.1) is 11.8 Å². The lowest BCUT2D eigenvalue weighted by Gasteiger charge is -2.52. The average Bonchev–Trinajstić information content (AvgIpc) is 3.49. The number of methoxy groups -OCH3 is 1. The minimum atomic E-state index is -0.0316. The van der Waals surface area contributed by atoms with Gasteiger partial charge in [0.05, 0.1) is 30.4 Å². The number of hydrogen-bond acceptors (Lipinski definition) is 8. The maximum absolute atomic E-state index is 5.94. The molecule has 3 fully saturated rings. The quantitative estimate of drug-likeness (QED) is 0.245. The van der Waals surface area contributed by atoms with E-state index in [0.29, 0.717) is 29.5 Å². The molecule has 0 spiro atoms. The summed E-state index contributed by atoms with van der Waals surface area (Å²) < 4.78 is 7.06. The van der Waals surface area contributed by atoms with Crippen LogP contribution >= 0.6 is 35.7 Å². The number of pyridine rings is 2. The molecular weight excluding hydrogens is 569 g/mol. The minimum Gasteiger partial charge on any atom is -0.496 e. The Morgan fingerprint density at radius 3 is 2.95 bits per heavy atom. The summed E-state index contributed by atoms with van der Waals surface area (Å²) in [6.45, 7) is 6.95. The normalized spacial score (nSPS) is 25.9. The minimum absolute atomic E-state index is 0.0316. The van der Waals surface area contributed by atoms with Gasteiger partial charge < -0.3 is 15.4 Å². The van der Waals surface area contributed by atoms with Gasteiger partial charge in [-0.25, -0.2) is 0 Å². The van der Waals surface area contributed by atoms with Crippen molar-refractivity contribution in [3.63, 3.8) is 0 Å². The number of benzene rings is 1. The van der Waals surface area contributed by atoms with Gasteiger partial charge in [-0.1, -0.05) is 41.7 Å². The molecule has 10 heteroatoms. The lowest BCUT2D eigenvalue weighted by molar-refractivity contribution is 0.00379. The van der Waals surface area contributed by atoms with Crippen molar-refractivity contribution in [2.75, 3.05) is 32.5 Å². The second-order valence-corrected chi connectivity index (χ2v) is 13.5. The molecule has 4 aliphatic heterocycles. The summed E-state index contributed by atoms with van der Waals surface area (Å²) in [6.07, 6.45) is 8.14. The topological polar surface area (TPSA) is 74.7 Å². The Kier molecular flexibility index (Phi) is 9.10. The summed E-state index contributed by atoms with van der Waals surface area (Å²) in [6, 6.07) is 14.8. The van der Waals surface area contributed by atoms with Crippen molar-refractivity contribution < 1.29 is 4.74 Å². The second-order valence-electron chi connectivity index (χ2n) is 10.8. The monoisotopic (exact) mass is 604 g/mol.